The van der Waals surface area contributed by atoms with Crippen molar-refractivity contribution in [3.05, 3.63) is 40.6 Å². The molecule has 0 radical (unpaired) electrons. The highest BCUT2D eigenvalue weighted by Gasteiger charge is 2.12. The van der Waals surface area contributed by atoms with Crippen molar-refractivity contribution in [3.63, 3.8) is 0 Å². The number of hydrogen-bond acceptors (Lipinski definition) is 5. The first kappa shape index (κ1) is 12.8. The minimum Gasteiger partial charge on any atom is -0.491 e. The standard InChI is InChI=1S/C11H12N4O4/c1-19-10-7-14(4-5-15-3-2-12-13-15)8(11(17)18)6-9(10)16/h2-3,6-7H,4-5H2,1H3,(H,17,18). The number of aromatic carboxylic acids is 1. The molecule has 2 rings (SSSR count). The van der Waals surface area contributed by atoms with E-state index >= 15 is 0 Å². The maximum absolute atomic E-state index is 11.5. The van der Waals surface area contributed by atoms with Crippen molar-refractivity contribution >= 4 is 5.97 Å². The molecule has 8 heteroatoms. The van der Waals surface area contributed by atoms with Gasteiger partial charge in [-0.25, -0.2) is 4.79 Å². The van der Waals surface area contributed by atoms with Gasteiger partial charge < -0.3 is 14.4 Å². The zero-order valence-corrected chi connectivity index (χ0v) is 10.2. The molecule has 0 aliphatic rings. The summed E-state index contributed by atoms with van der Waals surface area (Å²) in [6.07, 6.45) is 4.58. The molecule has 2 aromatic rings. The van der Waals surface area contributed by atoms with Crippen LogP contribution in [0.1, 0.15) is 10.5 Å². The summed E-state index contributed by atoms with van der Waals surface area (Å²) in [6.45, 7) is 0.772. The molecular weight excluding hydrogens is 252 g/mol. The highest BCUT2D eigenvalue weighted by Crippen LogP contribution is 2.07. The van der Waals surface area contributed by atoms with E-state index in [0.717, 1.165) is 6.07 Å². The molecule has 8 nitrogen and oxygen atoms in total. The fourth-order valence-electron chi connectivity index (χ4n) is 1.64. The molecule has 2 aromatic heterocycles. The van der Waals surface area contributed by atoms with Gasteiger partial charge in [0.1, 0.15) is 5.69 Å². The third-order valence-electron chi connectivity index (χ3n) is 2.57. The summed E-state index contributed by atoms with van der Waals surface area (Å²) in [5, 5.41) is 16.5. The van der Waals surface area contributed by atoms with Gasteiger partial charge in [-0.2, -0.15) is 0 Å². The Morgan fingerprint density at radius 2 is 2.26 bits per heavy atom. The Bertz CT molecular complexity index is 633. The second-order valence-corrected chi connectivity index (χ2v) is 3.76. The molecule has 0 aliphatic carbocycles. The Labute approximate surface area is 107 Å². The third kappa shape index (κ3) is 2.79. The Morgan fingerprint density at radius 1 is 1.47 bits per heavy atom. The van der Waals surface area contributed by atoms with Crippen molar-refractivity contribution in [3.8, 4) is 5.75 Å². The largest absolute Gasteiger partial charge is 0.491 e. The Hall–Kier alpha value is -2.64. The third-order valence-corrected chi connectivity index (χ3v) is 2.57. The van der Waals surface area contributed by atoms with Crippen molar-refractivity contribution in [1.82, 2.24) is 19.6 Å². The van der Waals surface area contributed by atoms with Crippen molar-refractivity contribution in [2.24, 2.45) is 0 Å². The normalized spacial score (nSPS) is 10.4. The van der Waals surface area contributed by atoms with Crippen LogP contribution in [0.5, 0.6) is 5.75 Å². The van der Waals surface area contributed by atoms with E-state index in [9.17, 15) is 9.59 Å². The van der Waals surface area contributed by atoms with E-state index < -0.39 is 11.4 Å². The first-order chi connectivity index (χ1) is 9.11. The maximum atomic E-state index is 11.5. The predicted molar refractivity (Wildman–Crippen MR) is 64.2 cm³/mol. The topological polar surface area (TPSA) is 99.2 Å². The molecule has 0 atom stereocenters. The van der Waals surface area contributed by atoms with E-state index in [1.165, 1.54) is 24.1 Å². The number of carboxylic acids is 1. The molecule has 1 N–H and O–H groups in total. The number of hydrogen-bond donors (Lipinski definition) is 1. The van der Waals surface area contributed by atoms with Crippen LogP contribution in [0.3, 0.4) is 0 Å². The van der Waals surface area contributed by atoms with E-state index in [-0.39, 0.29) is 11.4 Å². The molecule has 2 heterocycles. The van der Waals surface area contributed by atoms with Crippen LogP contribution in [0.2, 0.25) is 0 Å². The lowest BCUT2D eigenvalue weighted by Gasteiger charge is -2.11. The monoisotopic (exact) mass is 264 g/mol. The molecule has 0 saturated carbocycles. The Morgan fingerprint density at radius 3 is 2.84 bits per heavy atom. The van der Waals surface area contributed by atoms with Crippen molar-refractivity contribution in [2.75, 3.05) is 7.11 Å². The summed E-state index contributed by atoms with van der Waals surface area (Å²) in [4.78, 5) is 22.6. The van der Waals surface area contributed by atoms with Gasteiger partial charge in [-0.3, -0.25) is 9.48 Å². The van der Waals surface area contributed by atoms with E-state index in [4.69, 9.17) is 9.84 Å². The van der Waals surface area contributed by atoms with Gasteiger partial charge in [-0.05, 0) is 0 Å². The lowest BCUT2D eigenvalue weighted by Crippen LogP contribution is -2.20. The summed E-state index contributed by atoms with van der Waals surface area (Å²) in [5.74, 6) is -1.07. The lowest BCUT2D eigenvalue weighted by molar-refractivity contribution is 0.0683. The summed E-state index contributed by atoms with van der Waals surface area (Å²) >= 11 is 0. The van der Waals surface area contributed by atoms with Crippen LogP contribution in [0, 0.1) is 0 Å². The average Bonchev–Trinajstić information content (AvgIpc) is 2.89. The Balaban J connectivity index is 2.31. The number of carbonyl (C=O) groups is 1. The van der Waals surface area contributed by atoms with E-state index in [1.807, 2.05) is 0 Å². The molecule has 0 amide bonds. The first-order valence-corrected chi connectivity index (χ1v) is 5.47. The molecule has 0 saturated heterocycles. The number of pyridine rings is 1. The van der Waals surface area contributed by atoms with Crippen LogP contribution in [-0.4, -0.2) is 37.7 Å². The van der Waals surface area contributed by atoms with Crippen LogP contribution in [-0.2, 0) is 13.1 Å². The number of nitrogens with zero attached hydrogens (tertiary/aromatic N) is 4. The number of aryl methyl sites for hydroxylation is 2. The van der Waals surface area contributed by atoms with Crippen LogP contribution in [0.4, 0.5) is 0 Å². The van der Waals surface area contributed by atoms with Crippen LogP contribution in [0.15, 0.2) is 29.5 Å². The molecule has 0 aliphatic heterocycles. The van der Waals surface area contributed by atoms with Gasteiger partial charge in [-0.1, -0.05) is 5.21 Å². The van der Waals surface area contributed by atoms with Crippen LogP contribution in [0.25, 0.3) is 0 Å². The first-order valence-electron chi connectivity index (χ1n) is 5.47. The van der Waals surface area contributed by atoms with E-state index in [0.29, 0.717) is 13.1 Å². The smallest absolute Gasteiger partial charge is 0.352 e. The average molecular weight is 264 g/mol. The fraction of sp³-hybridized carbons (Fsp3) is 0.273. The molecular formula is C11H12N4O4. The fourth-order valence-corrected chi connectivity index (χ4v) is 1.64. The van der Waals surface area contributed by atoms with Crippen LogP contribution >= 0.6 is 0 Å². The predicted octanol–water partition coefficient (Wildman–Crippen LogP) is -0.153. The molecule has 0 spiro atoms. The van der Waals surface area contributed by atoms with Gasteiger partial charge in [0, 0.05) is 18.8 Å². The molecule has 0 aromatic carbocycles. The second kappa shape index (κ2) is 5.34. The Kier molecular flexibility index (Phi) is 3.60. The molecule has 19 heavy (non-hydrogen) atoms. The number of rotatable bonds is 5. The maximum Gasteiger partial charge on any atom is 0.352 e. The SMILES string of the molecule is COc1cn(CCn2ccnn2)c(C(=O)O)cc1=O. The summed E-state index contributed by atoms with van der Waals surface area (Å²) in [6, 6.07) is 1.04. The lowest BCUT2D eigenvalue weighted by atomic mass is 10.3. The molecule has 0 bridgehead atoms. The van der Waals surface area contributed by atoms with Crippen molar-refractivity contribution < 1.29 is 14.6 Å². The molecule has 100 valence electrons. The van der Waals surface area contributed by atoms with Crippen molar-refractivity contribution in [1.29, 1.82) is 0 Å². The highest BCUT2D eigenvalue weighted by atomic mass is 16.5. The van der Waals surface area contributed by atoms with E-state index in [2.05, 4.69) is 10.3 Å². The number of carboxylic acid groups (broad SMARTS) is 1. The van der Waals surface area contributed by atoms with Crippen molar-refractivity contribution in [2.45, 2.75) is 13.1 Å². The van der Waals surface area contributed by atoms with Crippen LogP contribution < -0.4 is 10.2 Å². The van der Waals surface area contributed by atoms with Gasteiger partial charge in [0.15, 0.2) is 5.75 Å². The second-order valence-electron chi connectivity index (χ2n) is 3.76. The summed E-state index contributed by atoms with van der Waals surface area (Å²) in [5.41, 5.74) is -0.553. The summed E-state index contributed by atoms with van der Waals surface area (Å²) in [7, 11) is 1.36. The number of aromatic nitrogens is 4. The molecule has 0 unspecified atom stereocenters. The van der Waals surface area contributed by atoms with Gasteiger partial charge in [-0.15, -0.1) is 5.10 Å². The van der Waals surface area contributed by atoms with Gasteiger partial charge >= 0.3 is 5.97 Å². The number of methoxy groups -OCH3 is 1. The van der Waals surface area contributed by atoms with Gasteiger partial charge in [0.05, 0.1) is 26.0 Å². The van der Waals surface area contributed by atoms with Gasteiger partial charge in [0.2, 0.25) is 5.43 Å². The number of ether oxygens (including phenoxy) is 1. The minimum atomic E-state index is -1.17. The quantitative estimate of drug-likeness (QED) is 0.806. The highest BCUT2D eigenvalue weighted by molar-refractivity contribution is 5.85. The minimum absolute atomic E-state index is 0.0917. The zero-order chi connectivity index (χ0) is 13.8. The molecule has 0 fully saturated rings. The van der Waals surface area contributed by atoms with Gasteiger partial charge in [0.25, 0.3) is 0 Å². The summed E-state index contributed by atoms with van der Waals surface area (Å²) < 4.78 is 7.90. The van der Waals surface area contributed by atoms with E-state index in [1.54, 1.807) is 10.9 Å². The zero-order valence-electron chi connectivity index (χ0n) is 10.2.